The Morgan fingerprint density at radius 2 is 1.78 bits per heavy atom. The van der Waals surface area contributed by atoms with Gasteiger partial charge in [-0.25, -0.2) is 8.42 Å². The maximum atomic E-state index is 12.6. The number of piperazine rings is 1. The van der Waals surface area contributed by atoms with Gasteiger partial charge < -0.3 is 14.8 Å². The van der Waals surface area contributed by atoms with Gasteiger partial charge in [-0.15, -0.1) is 0 Å². The number of nitrogens with one attached hydrogen (secondary N) is 1. The van der Waals surface area contributed by atoms with Crippen LogP contribution in [0.2, 0.25) is 0 Å². The second kappa shape index (κ2) is 5.67. The largest absolute Gasteiger partial charge is 0.357 e. The van der Waals surface area contributed by atoms with Gasteiger partial charge in [-0.3, -0.25) is 9.59 Å². The van der Waals surface area contributed by atoms with E-state index in [2.05, 4.69) is 4.98 Å². The van der Waals surface area contributed by atoms with Gasteiger partial charge in [0.1, 0.15) is 5.69 Å². The Morgan fingerprint density at radius 1 is 1.17 bits per heavy atom. The molecule has 2 aliphatic rings. The van der Waals surface area contributed by atoms with Crippen LogP contribution in [0.5, 0.6) is 0 Å². The van der Waals surface area contributed by atoms with Gasteiger partial charge in [-0.05, 0) is 12.1 Å². The number of carbonyl (C=O) groups is 2. The van der Waals surface area contributed by atoms with Crippen molar-refractivity contribution in [3.63, 3.8) is 0 Å². The van der Waals surface area contributed by atoms with E-state index in [-0.39, 0.29) is 29.2 Å². The van der Waals surface area contributed by atoms with Crippen LogP contribution in [0.4, 0.5) is 0 Å². The summed E-state index contributed by atoms with van der Waals surface area (Å²) < 4.78 is 24.2. The quantitative estimate of drug-likeness (QED) is 0.829. The van der Waals surface area contributed by atoms with Gasteiger partial charge >= 0.3 is 0 Å². The molecule has 7 nitrogen and oxygen atoms in total. The van der Waals surface area contributed by atoms with Gasteiger partial charge in [0.25, 0.3) is 5.91 Å². The summed E-state index contributed by atoms with van der Waals surface area (Å²) in [5.41, 5.74) is 0.441. The van der Waals surface area contributed by atoms with E-state index in [1.807, 2.05) is 0 Å². The Labute approximate surface area is 135 Å². The molecule has 0 unspecified atom stereocenters. The summed E-state index contributed by atoms with van der Waals surface area (Å²) in [4.78, 5) is 31.1. The molecule has 0 aromatic carbocycles. The van der Waals surface area contributed by atoms with Crippen LogP contribution < -0.4 is 0 Å². The minimum Gasteiger partial charge on any atom is -0.357 e. The SMILES string of the molecule is CC(C)C(=O)N1CCN(C(=O)c2ccc[nH]2)[C@H]2CS(=O)(=O)C[C@H]21. The molecule has 0 spiro atoms. The molecule has 1 aromatic rings. The van der Waals surface area contributed by atoms with Crippen molar-refractivity contribution in [3.05, 3.63) is 24.0 Å². The lowest BCUT2D eigenvalue weighted by atomic mass is 10.0. The molecule has 1 N–H and O–H groups in total. The van der Waals surface area contributed by atoms with Gasteiger partial charge in [0, 0.05) is 25.2 Å². The summed E-state index contributed by atoms with van der Waals surface area (Å²) in [6.45, 7) is 4.33. The van der Waals surface area contributed by atoms with Crippen LogP contribution in [-0.2, 0) is 14.6 Å². The number of amides is 2. The highest BCUT2D eigenvalue weighted by Crippen LogP contribution is 2.29. The fraction of sp³-hybridized carbons (Fsp3) is 0.600. The van der Waals surface area contributed by atoms with Crippen molar-refractivity contribution in [2.45, 2.75) is 25.9 Å². The van der Waals surface area contributed by atoms with Crippen molar-refractivity contribution >= 4 is 21.7 Å². The molecule has 23 heavy (non-hydrogen) atoms. The number of aromatic amines is 1. The average Bonchev–Trinajstić information content (AvgIpc) is 3.10. The molecule has 2 aliphatic heterocycles. The molecule has 2 saturated heterocycles. The van der Waals surface area contributed by atoms with Crippen molar-refractivity contribution in [2.24, 2.45) is 5.92 Å². The first kappa shape index (κ1) is 16.0. The lowest BCUT2D eigenvalue weighted by Crippen LogP contribution is -2.62. The first-order valence-electron chi connectivity index (χ1n) is 7.75. The third-order valence-corrected chi connectivity index (χ3v) is 6.24. The summed E-state index contributed by atoms with van der Waals surface area (Å²) in [6.07, 6.45) is 1.66. The van der Waals surface area contributed by atoms with Crippen molar-refractivity contribution in [1.82, 2.24) is 14.8 Å². The Morgan fingerprint density at radius 3 is 2.35 bits per heavy atom. The molecule has 1 aromatic heterocycles. The van der Waals surface area contributed by atoms with E-state index < -0.39 is 21.9 Å². The fourth-order valence-electron chi connectivity index (χ4n) is 3.43. The first-order valence-corrected chi connectivity index (χ1v) is 9.57. The summed E-state index contributed by atoms with van der Waals surface area (Å²) in [7, 11) is -3.25. The smallest absolute Gasteiger partial charge is 0.270 e. The lowest BCUT2D eigenvalue weighted by molar-refractivity contribution is -0.139. The number of hydrogen-bond acceptors (Lipinski definition) is 4. The van der Waals surface area contributed by atoms with Crippen LogP contribution in [0, 0.1) is 5.92 Å². The number of nitrogens with zero attached hydrogens (tertiary/aromatic N) is 2. The zero-order valence-electron chi connectivity index (χ0n) is 13.2. The highest BCUT2D eigenvalue weighted by molar-refractivity contribution is 7.91. The maximum absolute atomic E-state index is 12.6. The van der Waals surface area contributed by atoms with E-state index in [0.717, 1.165) is 0 Å². The van der Waals surface area contributed by atoms with Gasteiger partial charge in [-0.2, -0.15) is 0 Å². The zero-order chi connectivity index (χ0) is 16.8. The predicted molar refractivity (Wildman–Crippen MR) is 84.6 cm³/mol. The summed E-state index contributed by atoms with van der Waals surface area (Å²) in [5, 5.41) is 0. The van der Waals surface area contributed by atoms with E-state index in [9.17, 15) is 18.0 Å². The number of hydrogen-bond donors (Lipinski definition) is 1. The van der Waals surface area contributed by atoms with E-state index in [1.165, 1.54) is 0 Å². The highest BCUT2D eigenvalue weighted by Gasteiger charge is 2.49. The van der Waals surface area contributed by atoms with Crippen molar-refractivity contribution in [3.8, 4) is 0 Å². The molecule has 0 saturated carbocycles. The van der Waals surface area contributed by atoms with Gasteiger partial charge in [0.05, 0.1) is 23.6 Å². The second-order valence-corrected chi connectivity index (χ2v) is 8.63. The molecule has 3 rings (SSSR count). The van der Waals surface area contributed by atoms with Crippen LogP contribution in [0.25, 0.3) is 0 Å². The Kier molecular flexibility index (Phi) is 3.95. The van der Waals surface area contributed by atoms with E-state index >= 15 is 0 Å². The van der Waals surface area contributed by atoms with Crippen molar-refractivity contribution in [2.75, 3.05) is 24.6 Å². The molecule has 2 amide bonds. The van der Waals surface area contributed by atoms with Crippen molar-refractivity contribution < 1.29 is 18.0 Å². The molecule has 3 heterocycles. The molecule has 126 valence electrons. The number of rotatable bonds is 2. The Balaban J connectivity index is 1.90. The standard InChI is InChI=1S/C15H21N3O4S/c1-10(2)14(19)17-6-7-18(15(20)11-4-3-5-16-11)13-9-23(21,22)8-12(13)17/h3-5,10,12-13,16H,6-9H2,1-2H3/t12-,13+/m1/s1. The number of H-pyrrole nitrogens is 1. The van der Waals surface area contributed by atoms with E-state index in [0.29, 0.717) is 18.8 Å². The molecule has 0 aliphatic carbocycles. The third-order valence-electron chi connectivity index (χ3n) is 4.54. The average molecular weight is 339 g/mol. The molecule has 2 atom stereocenters. The van der Waals surface area contributed by atoms with Gasteiger partial charge in [-0.1, -0.05) is 13.8 Å². The molecule has 2 fully saturated rings. The minimum atomic E-state index is -3.25. The molecular weight excluding hydrogens is 318 g/mol. The van der Waals surface area contributed by atoms with Gasteiger partial charge in [0.15, 0.2) is 9.84 Å². The normalized spacial score (nSPS) is 26.4. The highest BCUT2D eigenvalue weighted by atomic mass is 32.2. The van der Waals surface area contributed by atoms with Gasteiger partial charge in [0.2, 0.25) is 5.91 Å². The second-order valence-electron chi connectivity index (χ2n) is 6.48. The lowest BCUT2D eigenvalue weighted by Gasteiger charge is -2.44. The summed E-state index contributed by atoms with van der Waals surface area (Å²) in [5.74, 6) is -0.594. The Hall–Kier alpha value is -1.83. The molecule has 8 heteroatoms. The molecule has 0 bridgehead atoms. The Bertz CT molecular complexity index is 711. The summed E-state index contributed by atoms with van der Waals surface area (Å²) in [6, 6.07) is 2.50. The summed E-state index contributed by atoms with van der Waals surface area (Å²) >= 11 is 0. The van der Waals surface area contributed by atoms with Crippen LogP contribution in [0.15, 0.2) is 18.3 Å². The maximum Gasteiger partial charge on any atom is 0.270 e. The molecule has 0 radical (unpaired) electrons. The number of fused-ring (bicyclic) bond motifs is 1. The van der Waals surface area contributed by atoms with E-state index in [4.69, 9.17) is 0 Å². The predicted octanol–water partition coefficient (Wildman–Crippen LogP) is 0.121. The number of carbonyl (C=O) groups excluding carboxylic acids is 2. The van der Waals surface area contributed by atoms with Crippen LogP contribution in [-0.4, -0.2) is 71.7 Å². The van der Waals surface area contributed by atoms with E-state index in [1.54, 1.807) is 42.0 Å². The van der Waals surface area contributed by atoms with Crippen LogP contribution >= 0.6 is 0 Å². The third kappa shape index (κ3) is 2.87. The fourth-order valence-corrected chi connectivity index (χ4v) is 5.41. The number of aromatic nitrogens is 1. The topological polar surface area (TPSA) is 90.6 Å². The van der Waals surface area contributed by atoms with Crippen molar-refractivity contribution in [1.29, 1.82) is 0 Å². The monoisotopic (exact) mass is 339 g/mol. The van der Waals surface area contributed by atoms with Crippen LogP contribution in [0.3, 0.4) is 0 Å². The number of sulfone groups is 1. The first-order chi connectivity index (χ1) is 10.8. The van der Waals surface area contributed by atoms with Crippen LogP contribution in [0.1, 0.15) is 24.3 Å². The molecular formula is C15H21N3O4S. The zero-order valence-corrected chi connectivity index (χ0v) is 14.0. The minimum absolute atomic E-state index is 0.0518.